The molecule has 1 fully saturated rings. The minimum atomic E-state index is -3.55. The van der Waals surface area contributed by atoms with Gasteiger partial charge in [-0.25, -0.2) is 0 Å². The van der Waals surface area contributed by atoms with Crippen molar-refractivity contribution in [3.05, 3.63) is 54.2 Å². The molecule has 1 N–H and O–H groups in total. The number of nitrogens with zero attached hydrogens (tertiary/aromatic N) is 1. The van der Waals surface area contributed by atoms with Crippen molar-refractivity contribution in [1.29, 1.82) is 0 Å². The fourth-order valence-corrected chi connectivity index (χ4v) is 3.06. The maximum Gasteiger partial charge on any atom is 0.349 e. The number of hydrogen-bond donors (Lipinski definition) is 1. The topological polar surface area (TPSA) is 42.0 Å². The standard InChI is InChI=1S/C19H20F2N2O/c20-19(21,18(24)23-16-9-2-1-3-10-16)15-8-6-7-14(13-15)17-11-4-5-12-22-17/h4-8,11-13,16H,1-3,9-10H2,(H,23,24). The minimum absolute atomic E-state index is 0.143. The maximum atomic E-state index is 14.6. The van der Waals surface area contributed by atoms with E-state index in [9.17, 15) is 13.6 Å². The fraction of sp³-hybridized carbons (Fsp3) is 0.368. The molecule has 0 radical (unpaired) electrons. The predicted octanol–water partition coefficient (Wildman–Crippen LogP) is 4.29. The van der Waals surface area contributed by atoms with Gasteiger partial charge in [-0.05, 0) is 31.0 Å². The van der Waals surface area contributed by atoms with Crippen LogP contribution < -0.4 is 5.32 Å². The number of alkyl halides is 2. The Kier molecular flexibility index (Phi) is 4.88. The molecule has 1 amide bonds. The van der Waals surface area contributed by atoms with Crippen molar-refractivity contribution in [2.45, 2.75) is 44.1 Å². The average Bonchev–Trinajstić information content (AvgIpc) is 2.63. The Morgan fingerprint density at radius 1 is 1.08 bits per heavy atom. The van der Waals surface area contributed by atoms with Crippen molar-refractivity contribution in [3.8, 4) is 11.3 Å². The van der Waals surface area contributed by atoms with Gasteiger partial charge in [0.1, 0.15) is 0 Å². The Balaban J connectivity index is 1.79. The Bertz CT molecular complexity index is 698. The van der Waals surface area contributed by atoms with Crippen LogP contribution in [-0.2, 0) is 10.7 Å². The SMILES string of the molecule is O=C(NC1CCCCC1)C(F)(F)c1cccc(-c2ccccn2)c1. The second kappa shape index (κ2) is 7.07. The van der Waals surface area contributed by atoms with Crippen molar-refractivity contribution in [2.24, 2.45) is 0 Å². The van der Waals surface area contributed by atoms with Crippen molar-refractivity contribution in [2.75, 3.05) is 0 Å². The van der Waals surface area contributed by atoms with Gasteiger partial charge in [-0.2, -0.15) is 8.78 Å². The van der Waals surface area contributed by atoms with Crippen LogP contribution in [0.4, 0.5) is 8.78 Å². The molecule has 1 aliphatic rings. The van der Waals surface area contributed by atoms with Gasteiger partial charge >= 0.3 is 5.92 Å². The third kappa shape index (κ3) is 3.61. The minimum Gasteiger partial charge on any atom is -0.348 e. The molecule has 1 aromatic carbocycles. The van der Waals surface area contributed by atoms with Crippen LogP contribution in [0.25, 0.3) is 11.3 Å². The molecule has 0 spiro atoms. The Morgan fingerprint density at radius 2 is 1.88 bits per heavy atom. The zero-order chi connectivity index (χ0) is 17.0. The summed E-state index contributed by atoms with van der Waals surface area (Å²) in [6, 6.07) is 11.0. The van der Waals surface area contributed by atoms with E-state index in [1.54, 1.807) is 30.5 Å². The van der Waals surface area contributed by atoms with Crippen LogP contribution in [0.1, 0.15) is 37.7 Å². The normalized spacial score (nSPS) is 15.9. The molecule has 24 heavy (non-hydrogen) atoms. The molecule has 0 aliphatic heterocycles. The number of rotatable bonds is 4. The van der Waals surface area contributed by atoms with E-state index in [4.69, 9.17) is 0 Å². The number of hydrogen-bond acceptors (Lipinski definition) is 2. The number of amides is 1. The van der Waals surface area contributed by atoms with E-state index in [2.05, 4.69) is 10.3 Å². The van der Waals surface area contributed by atoms with E-state index in [-0.39, 0.29) is 11.6 Å². The van der Waals surface area contributed by atoms with Gasteiger partial charge in [0.25, 0.3) is 5.91 Å². The third-order valence-corrected chi connectivity index (χ3v) is 4.41. The van der Waals surface area contributed by atoms with E-state index in [0.29, 0.717) is 11.3 Å². The molecule has 0 saturated heterocycles. The molecule has 1 aliphatic carbocycles. The van der Waals surface area contributed by atoms with Gasteiger partial charge in [0.15, 0.2) is 0 Å². The lowest BCUT2D eigenvalue weighted by atomic mass is 9.95. The average molecular weight is 330 g/mol. The largest absolute Gasteiger partial charge is 0.349 e. The number of pyridine rings is 1. The quantitative estimate of drug-likeness (QED) is 0.909. The van der Waals surface area contributed by atoms with Crippen LogP contribution in [0, 0.1) is 0 Å². The molecule has 2 aromatic rings. The maximum absolute atomic E-state index is 14.6. The Morgan fingerprint density at radius 3 is 2.58 bits per heavy atom. The summed E-state index contributed by atoms with van der Waals surface area (Å²) in [5.74, 6) is -4.77. The van der Waals surface area contributed by atoms with Gasteiger partial charge in [-0.1, -0.05) is 43.5 Å². The van der Waals surface area contributed by atoms with E-state index in [1.807, 2.05) is 0 Å². The van der Waals surface area contributed by atoms with Crippen LogP contribution in [0.3, 0.4) is 0 Å². The molecule has 126 valence electrons. The highest BCUT2D eigenvalue weighted by Crippen LogP contribution is 2.31. The third-order valence-electron chi connectivity index (χ3n) is 4.41. The zero-order valence-electron chi connectivity index (χ0n) is 13.3. The van der Waals surface area contributed by atoms with Crippen LogP contribution in [0.15, 0.2) is 48.7 Å². The number of benzene rings is 1. The van der Waals surface area contributed by atoms with Crippen molar-refractivity contribution >= 4 is 5.91 Å². The summed E-state index contributed by atoms with van der Waals surface area (Å²) in [5, 5.41) is 2.51. The molecule has 1 heterocycles. The smallest absolute Gasteiger partial charge is 0.348 e. The van der Waals surface area contributed by atoms with Gasteiger partial charge in [-0.3, -0.25) is 9.78 Å². The number of halogens is 2. The first kappa shape index (κ1) is 16.6. The predicted molar refractivity (Wildman–Crippen MR) is 88.6 cm³/mol. The summed E-state index contributed by atoms with van der Waals surface area (Å²) >= 11 is 0. The van der Waals surface area contributed by atoms with Crippen molar-refractivity contribution < 1.29 is 13.6 Å². The fourth-order valence-electron chi connectivity index (χ4n) is 3.06. The van der Waals surface area contributed by atoms with Crippen molar-refractivity contribution in [3.63, 3.8) is 0 Å². The molecule has 5 heteroatoms. The van der Waals surface area contributed by atoms with Crippen LogP contribution in [-0.4, -0.2) is 16.9 Å². The zero-order valence-corrected chi connectivity index (χ0v) is 13.3. The summed E-state index contributed by atoms with van der Waals surface area (Å²) in [6.45, 7) is 0. The van der Waals surface area contributed by atoms with E-state index in [0.717, 1.165) is 32.1 Å². The van der Waals surface area contributed by atoms with E-state index >= 15 is 0 Å². The van der Waals surface area contributed by atoms with Gasteiger partial charge in [0.05, 0.1) is 5.69 Å². The molecule has 3 rings (SSSR count). The van der Waals surface area contributed by atoms with Crippen LogP contribution >= 0.6 is 0 Å². The number of carbonyl (C=O) groups is 1. The first-order valence-electron chi connectivity index (χ1n) is 8.28. The molecule has 0 unspecified atom stereocenters. The second-order valence-electron chi connectivity index (χ2n) is 6.18. The monoisotopic (exact) mass is 330 g/mol. The molecule has 3 nitrogen and oxygen atoms in total. The molecular weight excluding hydrogens is 310 g/mol. The number of carbonyl (C=O) groups excluding carboxylic acids is 1. The molecule has 1 aromatic heterocycles. The highest BCUT2D eigenvalue weighted by atomic mass is 19.3. The summed E-state index contributed by atoms with van der Waals surface area (Å²) in [5.41, 5.74) is 0.861. The van der Waals surface area contributed by atoms with Gasteiger partial charge in [0.2, 0.25) is 0 Å². The molecule has 1 saturated carbocycles. The lowest BCUT2D eigenvalue weighted by Crippen LogP contribution is -2.44. The van der Waals surface area contributed by atoms with Crippen LogP contribution in [0.5, 0.6) is 0 Å². The van der Waals surface area contributed by atoms with E-state index < -0.39 is 11.8 Å². The lowest BCUT2D eigenvalue weighted by Gasteiger charge is -2.25. The first-order chi connectivity index (χ1) is 11.6. The molecule has 0 bridgehead atoms. The highest BCUT2D eigenvalue weighted by Gasteiger charge is 2.41. The van der Waals surface area contributed by atoms with Crippen molar-refractivity contribution in [1.82, 2.24) is 10.3 Å². The molecular formula is C19H20F2N2O. The highest BCUT2D eigenvalue weighted by molar-refractivity contribution is 5.85. The van der Waals surface area contributed by atoms with E-state index in [1.165, 1.54) is 18.2 Å². The Labute approximate surface area is 140 Å². The summed E-state index contributed by atoms with van der Waals surface area (Å²) < 4.78 is 29.1. The summed E-state index contributed by atoms with van der Waals surface area (Å²) in [7, 11) is 0. The summed E-state index contributed by atoms with van der Waals surface area (Å²) in [4.78, 5) is 16.3. The van der Waals surface area contributed by atoms with Gasteiger partial charge in [-0.15, -0.1) is 0 Å². The second-order valence-corrected chi connectivity index (χ2v) is 6.18. The van der Waals surface area contributed by atoms with Gasteiger partial charge in [0, 0.05) is 23.4 Å². The number of nitrogens with one attached hydrogen (secondary N) is 1. The Hall–Kier alpha value is -2.30. The van der Waals surface area contributed by atoms with Crippen LogP contribution in [0.2, 0.25) is 0 Å². The first-order valence-corrected chi connectivity index (χ1v) is 8.28. The lowest BCUT2D eigenvalue weighted by molar-refractivity contribution is -0.148. The van der Waals surface area contributed by atoms with Gasteiger partial charge < -0.3 is 5.32 Å². The summed E-state index contributed by atoms with van der Waals surface area (Å²) in [6.07, 6.45) is 6.22. The number of aromatic nitrogens is 1. The molecule has 0 atom stereocenters.